The van der Waals surface area contributed by atoms with Gasteiger partial charge in [-0.25, -0.2) is 0 Å². The molecule has 4 rings (SSSR count). The average Bonchev–Trinajstić information content (AvgIpc) is 3.49. The Balaban J connectivity index is 1.81. The number of aliphatic imine (C=N–C) groups is 1. The molecular weight excluding hydrogens is 442 g/mol. The van der Waals surface area contributed by atoms with Crippen LogP contribution in [-0.4, -0.2) is 34.9 Å². The maximum atomic E-state index is 5.56. The number of rotatable bonds is 9. The molecular formula is C27H31N5O3. The van der Waals surface area contributed by atoms with Gasteiger partial charge >= 0.3 is 0 Å². The molecule has 2 heterocycles. The van der Waals surface area contributed by atoms with Crippen molar-refractivity contribution in [1.82, 2.24) is 14.9 Å². The van der Waals surface area contributed by atoms with E-state index >= 15 is 0 Å². The van der Waals surface area contributed by atoms with Gasteiger partial charge in [0.05, 0.1) is 44.1 Å². The first-order valence-corrected chi connectivity index (χ1v) is 11.5. The molecule has 2 aromatic heterocycles. The molecule has 0 saturated carbocycles. The van der Waals surface area contributed by atoms with E-state index in [1.165, 1.54) is 0 Å². The number of benzene rings is 2. The molecule has 2 aromatic carbocycles. The molecule has 0 bridgehead atoms. The second kappa shape index (κ2) is 10.5. The summed E-state index contributed by atoms with van der Waals surface area (Å²) in [5.41, 5.74) is 6.68. The van der Waals surface area contributed by atoms with Crippen LogP contribution in [0.1, 0.15) is 35.9 Å². The summed E-state index contributed by atoms with van der Waals surface area (Å²) in [4.78, 5) is 7.17. The first-order chi connectivity index (χ1) is 16.9. The maximum Gasteiger partial charge on any atom is 0.156 e. The Labute approximate surface area is 205 Å². The van der Waals surface area contributed by atoms with Crippen LogP contribution in [0.2, 0.25) is 0 Å². The fraction of sp³-hybridized carbons (Fsp3) is 0.296. The Morgan fingerprint density at radius 3 is 2.34 bits per heavy atom. The molecule has 182 valence electrons. The fourth-order valence-electron chi connectivity index (χ4n) is 3.88. The summed E-state index contributed by atoms with van der Waals surface area (Å²) in [6.45, 7) is 6.56. The summed E-state index contributed by atoms with van der Waals surface area (Å²) >= 11 is 0. The van der Waals surface area contributed by atoms with Crippen molar-refractivity contribution in [1.29, 1.82) is 0 Å². The zero-order valence-corrected chi connectivity index (χ0v) is 21.1. The number of aromatic nitrogens is 3. The molecule has 8 heteroatoms. The van der Waals surface area contributed by atoms with E-state index in [9.17, 15) is 0 Å². The molecule has 0 atom stereocenters. The van der Waals surface area contributed by atoms with Gasteiger partial charge in [-0.1, -0.05) is 18.1 Å². The van der Waals surface area contributed by atoms with Gasteiger partial charge in [-0.05, 0) is 38.0 Å². The highest BCUT2D eigenvalue weighted by molar-refractivity contribution is 6.01. The van der Waals surface area contributed by atoms with E-state index in [1.807, 2.05) is 50.6 Å². The second-order valence-corrected chi connectivity index (χ2v) is 8.38. The lowest BCUT2D eigenvalue weighted by Gasteiger charge is -2.25. The standard InChI is InChI=1S/C27H31N5O3/c1-7-26(20-15-28-31(4)16-20)29-27-13-21(9-8-18(27)2)32(17-25-10-19(3)30-35-25)22-11-23(33-5)14-24(12-22)34-6/h8-16H,7,17H2,1-6H3. The molecule has 0 aliphatic heterocycles. The monoisotopic (exact) mass is 473 g/mol. The van der Waals surface area contributed by atoms with E-state index in [0.717, 1.165) is 51.8 Å². The lowest BCUT2D eigenvalue weighted by atomic mass is 10.1. The van der Waals surface area contributed by atoms with E-state index in [2.05, 4.69) is 47.2 Å². The molecule has 0 fully saturated rings. The average molecular weight is 474 g/mol. The fourth-order valence-corrected chi connectivity index (χ4v) is 3.88. The zero-order chi connectivity index (χ0) is 24.9. The van der Waals surface area contributed by atoms with Crippen molar-refractivity contribution in [3.8, 4) is 11.5 Å². The molecule has 0 spiro atoms. The van der Waals surface area contributed by atoms with Crippen LogP contribution < -0.4 is 14.4 Å². The first-order valence-electron chi connectivity index (χ1n) is 11.5. The van der Waals surface area contributed by atoms with Crippen LogP contribution in [-0.2, 0) is 13.6 Å². The molecule has 8 nitrogen and oxygen atoms in total. The summed E-state index contributed by atoms with van der Waals surface area (Å²) in [5.74, 6) is 2.15. The van der Waals surface area contributed by atoms with Crippen molar-refractivity contribution in [2.45, 2.75) is 33.7 Å². The van der Waals surface area contributed by atoms with Gasteiger partial charge in [0.15, 0.2) is 5.76 Å². The normalized spacial score (nSPS) is 11.5. The zero-order valence-electron chi connectivity index (χ0n) is 21.1. The van der Waals surface area contributed by atoms with Crippen LogP contribution in [0.4, 0.5) is 17.1 Å². The van der Waals surface area contributed by atoms with Crippen molar-refractivity contribution in [3.63, 3.8) is 0 Å². The molecule has 0 aliphatic rings. The summed E-state index contributed by atoms with van der Waals surface area (Å²) in [6, 6.07) is 14.0. The van der Waals surface area contributed by atoms with E-state index < -0.39 is 0 Å². The number of ether oxygens (including phenoxy) is 2. The SMILES string of the molecule is CCC(=Nc1cc(N(Cc2cc(C)no2)c2cc(OC)cc(OC)c2)ccc1C)c1cnn(C)c1. The van der Waals surface area contributed by atoms with Crippen molar-refractivity contribution in [2.24, 2.45) is 12.0 Å². The van der Waals surface area contributed by atoms with Crippen molar-refractivity contribution < 1.29 is 14.0 Å². The number of aryl methyl sites for hydroxylation is 3. The summed E-state index contributed by atoms with van der Waals surface area (Å²) in [7, 11) is 5.20. The predicted octanol–water partition coefficient (Wildman–Crippen LogP) is 5.91. The molecule has 0 aliphatic carbocycles. The van der Waals surface area contributed by atoms with Crippen molar-refractivity contribution >= 4 is 22.8 Å². The third-order valence-electron chi connectivity index (χ3n) is 5.77. The van der Waals surface area contributed by atoms with E-state index in [0.29, 0.717) is 18.0 Å². The lowest BCUT2D eigenvalue weighted by Crippen LogP contribution is -2.16. The minimum absolute atomic E-state index is 0.479. The Morgan fingerprint density at radius 2 is 1.77 bits per heavy atom. The second-order valence-electron chi connectivity index (χ2n) is 8.38. The third-order valence-corrected chi connectivity index (χ3v) is 5.77. The largest absolute Gasteiger partial charge is 0.497 e. The van der Waals surface area contributed by atoms with Gasteiger partial charge in [0.2, 0.25) is 0 Å². The molecule has 0 unspecified atom stereocenters. The summed E-state index contributed by atoms with van der Waals surface area (Å²) in [5, 5.41) is 8.37. The molecule has 0 saturated heterocycles. The highest BCUT2D eigenvalue weighted by Gasteiger charge is 2.17. The minimum Gasteiger partial charge on any atom is -0.497 e. The number of anilines is 2. The van der Waals surface area contributed by atoms with Gasteiger partial charge in [-0.3, -0.25) is 9.67 Å². The van der Waals surface area contributed by atoms with E-state index in [1.54, 1.807) is 18.9 Å². The van der Waals surface area contributed by atoms with Crippen LogP contribution in [0, 0.1) is 13.8 Å². The molecule has 4 aromatic rings. The lowest BCUT2D eigenvalue weighted by molar-refractivity contribution is 0.380. The number of hydrogen-bond acceptors (Lipinski definition) is 7. The van der Waals surface area contributed by atoms with Gasteiger partial charge < -0.3 is 18.9 Å². The Morgan fingerprint density at radius 1 is 1.03 bits per heavy atom. The predicted molar refractivity (Wildman–Crippen MR) is 138 cm³/mol. The van der Waals surface area contributed by atoms with Gasteiger partial charge in [0.25, 0.3) is 0 Å². The summed E-state index contributed by atoms with van der Waals surface area (Å²) < 4.78 is 18.4. The Hall–Kier alpha value is -4.07. The summed E-state index contributed by atoms with van der Waals surface area (Å²) in [6.07, 6.45) is 4.63. The van der Waals surface area contributed by atoms with Crippen LogP contribution in [0.25, 0.3) is 0 Å². The van der Waals surface area contributed by atoms with Gasteiger partial charge in [-0.15, -0.1) is 0 Å². The van der Waals surface area contributed by atoms with Gasteiger partial charge in [-0.2, -0.15) is 5.10 Å². The molecule has 0 N–H and O–H groups in total. The minimum atomic E-state index is 0.479. The van der Waals surface area contributed by atoms with E-state index in [-0.39, 0.29) is 0 Å². The quantitative estimate of drug-likeness (QED) is 0.281. The topological polar surface area (TPSA) is 77.9 Å². The maximum absolute atomic E-state index is 5.56. The first kappa shape index (κ1) is 24.1. The van der Waals surface area contributed by atoms with Crippen LogP contribution in [0.15, 0.2) is 64.4 Å². The van der Waals surface area contributed by atoms with Crippen LogP contribution in [0.3, 0.4) is 0 Å². The molecule has 0 amide bonds. The smallest absolute Gasteiger partial charge is 0.156 e. The number of methoxy groups -OCH3 is 2. The third kappa shape index (κ3) is 5.54. The molecule has 0 radical (unpaired) electrons. The van der Waals surface area contributed by atoms with Crippen molar-refractivity contribution in [2.75, 3.05) is 19.1 Å². The van der Waals surface area contributed by atoms with Crippen molar-refractivity contribution in [3.05, 3.63) is 77.4 Å². The van der Waals surface area contributed by atoms with Crippen LogP contribution in [0.5, 0.6) is 11.5 Å². The van der Waals surface area contributed by atoms with E-state index in [4.69, 9.17) is 19.0 Å². The highest BCUT2D eigenvalue weighted by atomic mass is 16.5. The number of hydrogen-bond donors (Lipinski definition) is 0. The number of nitrogens with zero attached hydrogens (tertiary/aromatic N) is 5. The van der Waals surface area contributed by atoms with Crippen LogP contribution >= 0.6 is 0 Å². The van der Waals surface area contributed by atoms with Gasteiger partial charge in [0.1, 0.15) is 11.5 Å². The molecule has 35 heavy (non-hydrogen) atoms. The van der Waals surface area contributed by atoms with Gasteiger partial charge in [0, 0.05) is 54.4 Å². The Kier molecular flexibility index (Phi) is 7.19. The highest BCUT2D eigenvalue weighted by Crippen LogP contribution is 2.36. The Bertz CT molecular complexity index is 1320.